The molecular formula is C25H30FN7O4. The minimum atomic E-state index is -0.493. The number of hydrogen-bond donors (Lipinski definition) is 3. The SMILES string of the molecule is COc1cc(CNC(=O)c2cc(-c3nnn(C[C@H]4CC[C@H](NC(=O)CO)CC4)n3)cc(C)n2)ccc1F. The van der Waals surface area contributed by atoms with Gasteiger partial charge in [0.2, 0.25) is 11.7 Å². The van der Waals surface area contributed by atoms with Crippen LogP contribution in [0.3, 0.4) is 0 Å². The minimum Gasteiger partial charge on any atom is -0.494 e. The summed E-state index contributed by atoms with van der Waals surface area (Å²) in [6.07, 6.45) is 3.49. The Kier molecular flexibility index (Phi) is 8.39. The second-order valence-corrected chi connectivity index (χ2v) is 9.15. The topological polar surface area (TPSA) is 144 Å². The molecule has 37 heavy (non-hydrogen) atoms. The highest BCUT2D eigenvalue weighted by atomic mass is 19.1. The molecule has 1 aliphatic rings. The summed E-state index contributed by atoms with van der Waals surface area (Å²) in [6.45, 7) is 2.07. The summed E-state index contributed by atoms with van der Waals surface area (Å²) in [4.78, 5) is 30.0. The molecule has 3 aromatic rings. The van der Waals surface area contributed by atoms with E-state index in [0.717, 1.165) is 25.7 Å². The Bertz CT molecular complexity index is 1260. The number of aryl methyl sites for hydroxylation is 1. The number of methoxy groups -OCH3 is 1. The molecule has 2 aromatic heterocycles. The first-order valence-electron chi connectivity index (χ1n) is 12.1. The zero-order valence-electron chi connectivity index (χ0n) is 20.8. The Hall–Kier alpha value is -3.93. The van der Waals surface area contributed by atoms with Crippen LogP contribution < -0.4 is 15.4 Å². The highest BCUT2D eigenvalue weighted by molar-refractivity contribution is 5.93. The monoisotopic (exact) mass is 511 g/mol. The van der Waals surface area contributed by atoms with E-state index in [0.29, 0.717) is 35.1 Å². The molecule has 0 saturated heterocycles. The van der Waals surface area contributed by atoms with Gasteiger partial charge in [-0.2, -0.15) is 4.80 Å². The van der Waals surface area contributed by atoms with Crippen molar-refractivity contribution in [1.29, 1.82) is 0 Å². The van der Waals surface area contributed by atoms with E-state index in [9.17, 15) is 14.0 Å². The molecule has 0 radical (unpaired) electrons. The van der Waals surface area contributed by atoms with Crippen molar-refractivity contribution >= 4 is 11.8 Å². The highest BCUT2D eigenvalue weighted by Crippen LogP contribution is 2.26. The van der Waals surface area contributed by atoms with Gasteiger partial charge in [0, 0.05) is 23.8 Å². The van der Waals surface area contributed by atoms with Crippen LogP contribution in [-0.2, 0) is 17.9 Å². The van der Waals surface area contributed by atoms with Crippen LogP contribution in [0.5, 0.6) is 5.75 Å². The van der Waals surface area contributed by atoms with Gasteiger partial charge in [0.05, 0.1) is 13.7 Å². The van der Waals surface area contributed by atoms with Gasteiger partial charge < -0.3 is 20.5 Å². The molecule has 0 bridgehead atoms. The van der Waals surface area contributed by atoms with Crippen LogP contribution in [0.4, 0.5) is 4.39 Å². The Morgan fingerprint density at radius 2 is 1.97 bits per heavy atom. The summed E-state index contributed by atoms with van der Waals surface area (Å²) in [5.74, 6) is -0.338. The van der Waals surface area contributed by atoms with Crippen molar-refractivity contribution in [1.82, 2.24) is 35.8 Å². The normalized spacial score (nSPS) is 17.3. The van der Waals surface area contributed by atoms with E-state index in [1.807, 2.05) is 0 Å². The number of hydrogen-bond acceptors (Lipinski definition) is 8. The summed E-state index contributed by atoms with van der Waals surface area (Å²) in [5.41, 5.74) is 2.16. The van der Waals surface area contributed by atoms with Gasteiger partial charge in [-0.25, -0.2) is 9.37 Å². The molecule has 1 aliphatic carbocycles. The molecule has 1 aromatic carbocycles. The fourth-order valence-corrected chi connectivity index (χ4v) is 4.43. The number of pyridine rings is 1. The lowest BCUT2D eigenvalue weighted by Gasteiger charge is -2.28. The van der Waals surface area contributed by atoms with Crippen LogP contribution >= 0.6 is 0 Å². The summed E-state index contributed by atoms with van der Waals surface area (Å²) in [5, 5.41) is 27.4. The average molecular weight is 512 g/mol. The quantitative estimate of drug-likeness (QED) is 0.394. The summed E-state index contributed by atoms with van der Waals surface area (Å²) in [6, 6.07) is 7.89. The smallest absolute Gasteiger partial charge is 0.270 e. The maximum Gasteiger partial charge on any atom is 0.270 e. The summed E-state index contributed by atoms with van der Waals surface area (Å²) < 4.78 is 18.6. The third kappa shape index (κ3) is 6.85. The van der Waals surface area contributed by atoms with E-state index in [2.05, 4.69) is 31.0 Å². The summed E-state index contributed by atoms with van der Waals surface area (Å²) >= 11 is 0. The van der Waals surface area contributed by atoms with E-state index in [4.69, 9.17) is 9.84 Å². The van der Waals surface area contributed by atoms with Gasteiger partial charge >= 0.3 is 0 Å². The number of aliphatic hydroxyl groups excluding tert-OH is 1. The van der Waals surface area contributed by atoms with Crippen molar-refractivity contribution in [3.8, 4) is 17.1 Å². The number of tetrazole rings is 1. The zero-order valence-corrected chi connectivity index (χ0v) is 20.8. The van der Waals surface area contributed by atoms with Gasteiger partial charge in [-0.1, -0.05) is 6.07 Å². The van der Waals surface area contributed by atoms with Gasteiger partial charge in [-0.05, 0) is 73.6 Å². The average Bonchev–Trinajstić information content (AvgIpc) is 3.37. The van der Waals surface area contributed by atoms with Crippen LogP contribution in [0.1, 0.15) is 47.4 Å². The molecule has 2 amide bonds. The van der Waals surface area contributed by atoms with Gasteiger partial charge in [-0.3, -0.25) is 9.59 Å². The fraction of sp³-hybridized carbons (Fsp3) is 0.440. The Labute approximate surface area is 213 Å². The number of halogens is 1. The lowest BCUT2D eigenvalue weighted by molar-refractivity contribution is -0.124. The van der Waals surface area contributed by atoms with Gasteiger partial charge in [0.1, 0.15) is 12.3 Å². The molecule has 4 rings (SSSR count). The molecule has 1 fully saturated rings. The van der Waals surface area contributed by atoms with E-state index in [1.165, 1.54) is 19.2 Å². The molecule has 2 heterocycles. The molecule has 3 N–H and O–H groups in total. The third-order valence-corrected chi connectivity index (χ3v) is 6.34. The van der Waals surface area contributed by atoms with Gasteiger partial charge in [0.25, 0.3) is 5.91 Å². The minimum absolute atomic E-state index is 0.0876. The van der Waals surface area contributed by atoms with Crippen molar-refractivity contribution < 1.29 is 23.8 Å². The number of carbonyl (C=O) groups is 2. The number of ether oxygens (including phenoxy) is 1. The standard InChI is InChI=1S/C25H30FN7O4/c1-15-9-18(11-21(28-15)25(36)27-12-17-5-8-20(26)22(10-17)37-2)24-30-32-33(31-24)13-16-3-6-19(7-4-16)29-23(35)14-34/h5,8-11,16,19,34H,3-4,6-7,12-14H2,1-2H3,(H,27,36)(H,29,35)/t16-,19-. The molecular weight excluding hydrogens is 481 g/mol. The number of nitrogens with one attached hydrogen (secondary N) is 2. The first-order chi connectivity index (χ1) is 17.8. The largest absolute Gasteiger partial charge is 0.494 e. The fourth-order valence-electron chi connectivity index (χ4n) is 4.43. The number of amides is 2. The van der Waals surface area contributed by atoms with Crippen LogP contribution in [0, 0.1) is 18.7 Å². The number of benzene rings is 1. The maximum absolute atomic E-state index is 13.6. The second-order valence-electron chi connectivity index (χ2n) is 9.15. The van der Waals surface area contributed by atoms with Crippen LogP contribution in [0.2, 0.25) is 0 Å². The molecule has 11 nitrogen and oxygen atoms in total. The zero-order chi connectivity index (χ0) is 26.4. The Morgan fingerprint density at radius 1 is 1.19 bits per heavy atom. The van der Waals surface area contributed by atoms with E-state index in [1.54, 1.807) is 29.9 Å². The van der Waals surface area contributed by atoms with Crippen molar-refractivity contribution in [2.75, 3.05) is 13.7 Å². The Balaban J connectivity index is 1.36. The van der Waals surface area contributed by atoms with E-state index in [-0.39, 0.29) is 35.8 Å². The molecule has 0 atom stereocenters. The van der Waals surface area contributed by atoms with E-state index < -0.39 is 12.4 Å². The van der Waals surface area contributed by atoms with E-state index >= 15 is 0 Å². The highest BCUT2D eigenvalue weighted by Gasteiger charge is 2.23. The Morgan fingerprint density at radius 3 is 2.70 bits per heavy atom. The lowest BCUT2D eigenvalue weighted by Crippen LogP contribution is -2.39. The predicted molar refractivity (Wildman–Crippen MR) is 131 cm³/mol. The molecule has 1 saturated carbocycles. The lowest BCUT2D eigenvalue weighted by atomic mass is 9.86. The first-order valence-corrected chi connectivity index (χ1v) is 12.1. The first kappa shape index (κ1) is 26.1. The molecule has 0 aliphatic heterocycles. The second kappa shape index (κ2) is 11.9. The predicted octanol–water partition coefficient (Wildman–Crippen LogP) is 1.79. The number of rotatable bonds is 9. The number of aliphatic hydroxyl groups is 1. The number of aromatic nitrogens is 5. The van der Waals surface area contributed by atoms with Crippen molar-refractivity contribution in [3.05, 3.63) is 53.1 Å². The van der Waals surface area contributed by atoms with Gasteiger partial charge in [-0.15, -0.1) is 10.2 Å². The number of nitrogens with zero attached hydrogens (tertiary/aromatic N) is 5. The summed E-state index contributed by atoms with van der Waals surface area (Å²) in [7, 11) is 1.38. The van der Waals surface area contributed by atoms with Crippen molar-refractivity contribution in [3.63, 3.8) is 0 Å². The maximum atomic E-state index is 13.6. The molecule has 0 unspecified atom stereocenters. The third-order valence-electron chi connectivity index (χ3n) is 6.34. The molecule has 196 valence electrons. The van der Waals surface area contributed by atoms with Crippen LogP contribution in [-0.4, -0.2) is 61.9 Å². The van der Waals surface area contributed by atoms with Crippen molar-refractivity contribution in [2.45, 2.75) is 51.7 Å². The number of carbonyl (C=O) groups excluding carboxylic acids is 2. The van der Waals surface area contributed by atoms with Crippen molar-refractivity contribution in [2.24, 2.45) is 5.92 Å². The molecule has 12 heteroatoms. The van der Waals surface area contributed by atoms with Crippen LogP contribution in [0.15, 0.2) is 30.3 Å². The molecule has 0 spiro atoms. The van der Waals surface area contributed by atoms with Gasteiger partial charge in [0.15, 0.2) is 11.6 Å². The van der Waals surface area contributed by atoms with Crippen LogP contribution in [0.25, 0.3) is 11.4 Å².